The number of carbonyl (C=O) groups excluding carboxylic acids is 2. The summed E-state index contributed by atoms with van der Waals surface area (Å²) in [4.78, 5) is 40.6. The van der Waals surface area contributed by atoms with Crippen molar-refractivity contribution >= 4 is 17.5 Å². The minimum Gasteiger partial charge on any atom is -0.451 e. The van der Waals surface area contributed by atoms with Crippen LogP contribution in [-0.4, -0.2) is 57.9 Å². The van der Waals surface area contributed by atoms with Crippen molar-refractivity contribution in [2.24, 2.45) is 5.41 Å². The summed E-state index contributed by atoms with van der Waals surface area (Å²) < 4.78 is 10.9. The summed E-state index contributed by atoms with van der Waals surface area (Å²) in [6.45, 7) is 5.96. The highest BCUT2D eigenvalue weighted by Gasteiger charge is 2.43. The van der Waals surface area contributed by atoms with Crippen molar-refractivity contribution in [3.8, 4) is 11.3 Å². The van der Waals surface area contributed by atoms with Crippen molar-refractivity contribution < 1.29 is 23.5 Å². The van der Waals surface area contributed by atoms with Crippen LogP contribution in [0.4, 0.5) is 5.69 Å². The van der Waals surface area contributed by atoms with Gasteiger partial charge in [-0.2, -0.15) is 0 Å². The van der Waals surface area contributed by atoms with E-state index in [1.54, 1.807) is 49.1 Å². The molecule has 10 nitrogen and oxygen atoms in total. The van der Waals surface area contributed by atoms with Gasteiger partial charge in [-0.15, -0.1) is 0 Å². The molecule has 3 aromatic rings. The maximum Gasteiger partial charge on any atom is 0.289 e. The molecule has 0 aliphatic carbocycles. The Hall–Kier alpha value is -3.95. The Balaban J connectivity index is 1.24. The van der Waals surface area contributed by atoms with Gasteiger partial charge in [0.05, 0.1) is 16.2 Å². The quantitative estimate of drug-likeness (QED) is 0.406. The minimum absolute atomic E-state index is 0.0290. The van der Waals surface area contributed by atoms with Crippen molar-refractivity contribution in [3.63, 3.8) is 0 Å². The van der Waals surface area contributed by atoms with E-state index in [9.17, 15) is 19.7 Å². The van der Waals surface area contributed by atoms with Crippen molar-refractivity contribution in [2.45, 2.75) is 33.1 Å². The van der Waals surface area contributed by atoms with Gasteiger partial charge in [0.15, 0.2) is 5.76 Å². The average Bonchev–Trinajstić information content (AvgIpc) is 3.58. The molecule has 4 heterocycles. The summed E-state index contributed by atoms with van der Waals surface area (Å²) in [5.41, 5.74) is 1.38. The first-order valence-electron chi connectivity index (χ1n) is 11.6. The Bertz CT molecular complexity index is 1280. The summed E-state index contributed by atoms with van der Waals surface area (Å²) in [7, 11) is 0. The van der Waals surface area contributed by atoms with E-state index >= 15 is 0 Å². The van der Waals surface area contributed by atoms with Crippen molar-refractivity contribution in [1.82, 2.24) is 15.0 Å². The maximum atomic E-state index is 13.2. The Labute approximate surface area is 201 Å². The molecule has 2 aliphatic heterocycles. The number of nitro groups is 1. The molecule has 2 aliphatic rings. The number of amides is 2. The number of aryl methyl sites for hydroxylation is 2. The van der Waals surface area contributed by atoms with Gasteiger partial charge in [0.1, 0.15) is 17.1 Å². The smallest absolute Gasteiger partial charge is 0.289 e. The molecule has 0 radical (unpaired) electrons. The lowest BCUT2D eigenvalue weighted by atomic mass is 9.77. The zero-order chi connectivity index (χ0) is 24.7. The predicted octanol–water partition coefficient (Wildman–Crippen LogP) is 4.23. The van der Waals surface area contributed by atoms with E-state index in [0.717, 1.165) is 19.3 Å². The molecule has 2 amide bonds. The Morgan fingerprint density at radius 2 is 1.69 bits per heavy atom. The molecule has 1 spiro atoms. The highest BCUT2D eigenvalue weighted by Crippen LogP contribution is 2.41. The molecular weight excluding hydrogens is 452 g/mol. The van der Waals surface area contributed by atoms with E-state index in [4.69, 9.17) is 8.94 Å². The number of aromatic nitrogens is 1. The number of nitro benzene ring substituents is 1. The van der Waals surface area contributed by atoms with Crippen molar-refractivity contribution in [1.29, 1.82) is 0 Å². The third-order valence-electron chi connectivity index (χ3n) is 7.27. The summed E-state index contributed by atoms with van der Waals surface area (Å²) in [6.07, 6.45) is 2.49. The van der Waals surface area contributed by atoms with E-state index < -0.39 is 4.92 Å². The van der Waals surface area contributed by atoms with Crippen LogP contribution in [0, 0.1) is 29.4 Å². The lowest BCUT2D eigenvalue weighted by Crippen LogP contribution is -2.44. The fourth-order valence-corrected chi connectivity index (χ4v) is 5.24. The van der Waals surface area contributed by atoms with Crippen LogP contribution in [0.25, 0.3) is 11.3 Å². The lowest BCUT2D eigenvalue weighted by molar-refractivity contribution is -0.384. The number of rotatable bonds is 4. The number of hydrogen-bond acceptors (Lipinski definition) is 7. The molecular formula is C25H26N4O6. The molecule has 0 atom stereocenters. The number of furan rings is 1. The summed E-state index contributed by atoms with van der Waals surface area (Å²) in [5, 5.41) is 15.2. The lowest BCUT2D eigenvalue weighted by Gasteiger charge is -2.39. The Kier molecular flexibility index (Phi) is 5.66. The van der Waals surface area contributed by atoms with Gasteiger partial charge in [0.25, 0.3) is 17.5 Å². The van der Waals surface area contributed by atoms with Gasteiger partial charge in [0, 0.05) is 32.2 Å². The van der Waals surface area contributed by atoms with Crippen LogP contribution in [-0.2, 0) is 0 Å². The van der Waals surface area contributed by atoms with Crippen LogP contribution in [0.1, 0.15) is 51.6 Å². The predicted molar refractivity (Wildman–Crippen MR) is 125 cm³/mol. The van der Waals surface area contributed by atoms with E-state index in [1.807, 2.05) is 4.90 Å². The fourth-order valence-electron chi connectivity index (χ4n) is 5.24. The molecule has 0 unspecified atom stereocenters. The number of hydrogen-bond donors (Lipinski definition) is 0. The molecule has 1 aromatic carbocycles. The molecule has 5 rings (SSSR count). The average molecular weight is 479 g/mol. The molecule has 0 N–H and O–H groups in total. The summed E-state index contributed by atoms with van der Waals surface area (Å²) in [6, 6.07) is 9.47. The van der Waals surface area contributed by atoms with E-state index in [-0.39, 0.29) is 28.7 Å². The fraction of sp³-hybridized carbons (Fsp3) is 0.400. The number of nitrogens with zero attached hydrogens (tertiary/aromatic N) is 4. The Morgan fingerprint density at radius 1 is 1.00 bits per heavy atom. The van der Waals surface area contributed by atoms with Crippen LogP contribution in [0.5, 0.6) is 0 Å². The molecule has 2 aromatic heterocycles. The van der Waals surface area contributed by atoms with Crippen LogP contribution < -0.4 is 0 Å². The zero-order valence-corrected chi connectivity index (χ0v) is 19.7. The van der Waals surface area contributed by atoms with Gasteiger partial charge < -0.3 is 18.7 Å². The topological polar surface area (TPSA) is 123 Å². The van der Waals surface area contributed by atoms with Gasteiger partial charge in [0.2, 0.25) is 0 Å². The van der Waals surface area contributed by atoms with E-state index in [1.165, 1.54) is 6.07 Å². The largest absolute Gasteiger partial charge is 0.451 e. The third-order valence-corrected chi connectivity index (χ3v) is 7.27. The molecule has 2 saturated heterocycles. The van der Waals surface area contributed by atoms with E-state index in [0.29, 0.717) is 54.5 Å². The van der Waals surface area contributed by atoms with Crippen LogP contribution >= 0.6 is 0 Å². The molecule has 2 fully saturated rings. The Morgan fingerprint density at radius 3 is 2.34 bits per heavy atom. The van der Waals surface area contributed by atoms with Gasteiger partial charge in [-0.1, -0.05) is 17.3 Å². The van der Waals surface area contributed by atoms with Crippen LogP contribution in [0.2, 0.25) is 0 Å². The summed E-state index contributed by atoms with van der Waals surface area (Å²) >= 11 is 0. The molecule has 182 valence electrons. The second-order valence-electron chi connectivity index (χ2n) is 9.41. The van der Waals surface area contributed by atoms with E-state index in [2.05, 4.69) is 5.16 Å². The van der Waals surface area contributed by atoms with Crippen molar-refractivity contribution in [2.75, 3.05) is 26.2 Å². The number of piperidine rings is 1. The van der Waals surface area contributed by atoms with Gasteiger partial charge in [-0.25, -0.2) is 0 Å². The third kappa shape index (κ3) is 4.09. The first-order valence-corrected chi connectivity index (χ1v) is 11.6. The van der Waals surface area contributed by atoms with Gasteiger partial charge in [-0.05, 0) is 56.7 Å². The van der Waals surface area contributed by atoms with Crippen LogP contribution in [0.15, 0.2) is 45.3 Å². The first-order chi connectivity index (χ1) is 16.8. The van der Waals surface area contributed by atoms with Gasteiger partial charge >= 0.3 is 0 Å². The molecule has 0 saturated carbocycles. The number of carbonyl (C=O) groups is 2. The number of likely N-dealkylation sites (tertiary alicyclic amines) is 2. The monoisotopic (exact) mass is 478 g/mol. The highest BCUT2D eigenvalue weighted by atomic mass is 16.6. The normalized spacial score (nSPS) is 17.2. The SMILES string of the molecule is Cc1noc(C)c1C(=O)N1CCC2(CCN(C(=O)c3ccc(-c4ccccc4[N+](=O)[O-])o3)C2)CC1. The molecule has 0 bridgehead atoms. The summed E-state index contributed by atoms with van der Waals surface area (Å²) in [5.74, 6) is 0.715. The molecule has 10 heteroatoms. The highest BCUT2D eigenvalue weighted by molar-refractivity contribution is 5.96. The second kappa shape index (κ2) is 8.68. The maximum absolute atomic E-state index is 13.2. The second-order valence-corrected chi connectivity index (χ2v) is 9.41. The first kappa shape index (κ1) is 22.8. The molecule has 35 heavy (non-hydrogen) atoms. The van der Waals surface area contributed by atoms with Crippen LogP contribution in [0.3, 0.4) is 0 Å². The standard InChI is InChI=1S/C25H26N4O6/c1-16-22(17(2)35-26-16)24(31)27-12-9-25(10-13-27)11-14-28(15-25)23(30)21-8-7-20(34-21)18-5-3-4-6-19(18)29(32)33/h3-8H,9-15H2,1-2H3. The number of para-hydroxylation sites is 1. The van der Waals surface area contributed by atoms with Gasteiger partial charge in [-0.3, -0.25) is 19.7 Å². The minimum atomic E-state index is -0.466. The zero-order valence-electron chi connectivity index (χ0n) is 19.7. The van der Waals surface area contributed by atoms with Crippen molar-refractivity contribution in [3.05, 3.63) is 69.3 Å². The number of benzene rings is 1.